The first-order chi connectivity index (χ1) is 14.1. The Hall–Kier alpha value is -3.19. The fraction of sp³-hybridized carbons (Fsp3) is 0.136. The van der Waals surface area contributed by atoms with Crippen molar-refractivity contribution in [3.05, 3.63) is 76.9 Å². The molecule has 1 fully saturated rings. The number of carbonyl (C=O) groups is 2. The summed E-state index contributed by atoms with van der Waals surface area (Å²) in [4.78, 5) is 30.4. The molecule has 4 rings (SSSR count). The number of carbonyl (C=O) groups excluding carboxylic acids is 2. The standard InChI is InChI=1S/C22H18BrN3O3/c23-16-7-9-19(10-8-16)29-20-11-6-15(14-24-20)22(28)25-17-3-1-4-18(13-17)26-12-2-5-21(26)27/h1,3-4,6-11,13-14H,2,5,12H2,(H,25,28). The molecule has 0 atom stereocenters. The molecule has 0 aliphatic carbocycles. The van der Waals surface area contributed by atoms with E-state index < -0.39 is 0 Å². The third-order valence-corrected chi connectivity index (χ3v) is 5.05. The molecule has 2 heterocycles. The summed E-state index contributed by atoms with van der Waals surface area (Å²) in [6.45, 7) is 0.708. The van der Waals surface area contributed by atoms with Crippen molar-refractivity contribution in [2.75, 3.05) is 16.8 Å². The van der Waals surface area contributed by atoms with Crippen LogP contribution in [0.15, 0.2) is 71.3 Å². The quantitative estimate of drug-likeness (QED) is 0.591. The second-order valence-corrected chi connectivity index (χ2v) is 7.51. The van der Waals surface area contributed by atoms with Crippen molar-refractivity contribution >= 4 is 39.1 Å². The Kier molecular flexibility index (Phi) is 5.57. The smallest absolute Gasteiger partial charge is 0.257 e. The van der Waals surface area contributed by atoms with Crippen LogP contribution in [0.1, 0.15) is 23.2 Å². The van der Waals surface area contributed by atoms with E-state index in [4.69, 9.17) is 4.74 Å². The number of hydrogen-bond donors (Lipinski definition) is 1. The van der Waals surface area contributed by atoms with Crippen molar-refractivity contribution in [3.63, 3.8) is 0 Å². The number of nitrogens with zero attached hydrogens (tertiary/aromatic N) is 2. The van der Waals surface area contributed by atoms with Gasteiger partial charge in [0, 0.05) is 41.1 Å². The molecule has 0 spiro atoms. The largest absolute Gasteiger partial charge is 0.439 e. The molecule has 1 aliphatic rings. The topological polar surface area (TPSA) is 71.5 Å². The lowest BCUT2D eigenvalue weighted by Crippen LogP contribution is -2.23. The molecule has 0 radical (unpaired) electrons. The van der Waals surface area contributed by atoms with Gasteiger partial charge in [0.15, 0.2) is 0 Å². The van der Waals surface area contributed by atoms with Crippen LogP contribution in [0.4, 0.5) is 11.4 Å². The zero-order chi connectivity index (χ0) is 20.2. The molecule has 29 heavy (non-hydrogen) atoms. The molecule has 1 aliphatic heterocycles. The molecule has 0 unspecified atom stereocenters. The number of hydrogen-bond acceptors (Lipinski definition) is 4. The van der Waals surface area contributed by atoms with E-state index in [0.29, 0.717) is 35.8 Å². The van der Waals surface area contributed by atoms with Crippen molar-refractivity contribution in [1.82, 2.24) is 4.98 Å². The second kappa shape index (κ2) is 8.45. The number of ether oxygens (including phenoxy) is 1. The maximum atomic E-state index is 12.5. The van der Waals surface area contributed by atoms with Gasteiger partial charge in [0.1, 0.15) is 5.75 Å². The molecule has 1 N–H and O–H groups in total. The molecule has 3 aromatic rings. The Labute approximate surface area is 176 Å². The van der Waals surface area contributed by atoms with Gasteiger partial charge in [0.05, 0.1) is 5.56 Å². The number of benzene rings is 2. The summed E-state index contributed by atoms with van der Waals surface area (Å²) < 4.78 is 6.63. The zero-order valence-electron chi connectivity index (χ0n) is 15.5. The van der Waals surface area contributed by atoms with Crippen molar-refractivity contribution in [1.29, 1.82) is 0 Å². The molecule has 6 nitrogen and oxygen atoms in total. The number of halogens is 1. The minimum absolute atomic E-state index is 0.110. The summed E-state index contributed by atoms with van der Waals surface area (Å²) in [5.41, 5.74) is 1.83. The molecule has 2 amide bonds. The van der Waals surface area contributed by atoms with Gasteiger partial charge < -0.3 is 15.0 Å². The van der Waals surface area contributed by atoms with E-state index in [9.17, 15) is 9.59 Å². The molecular formula is C22H18BrN3O3. The van der Waals surface area contributed by atoms with Crippen LogP contribution in [0.5, 0.6) is 11.6 Å². The van der Waals surface area contributed by atoms with Crippen LogP contribution < -0.4 is 15.0 Å². The number of amides is 2. The first-order valence-electron chi connectivity index (χ1n) is 9.20. The van der Waals surface area contributed by atoms with Gasteiger partial charge in [0.25, 0.3) is 5.91 Å². The second-order valence-electron chi connectivity index (χ2n) is 6.59. The highest BCUT2D eigenvalue weighted by Crippen LogP contribution is 2.25. The summed E-state index contributed by atoms with van der Waals surface area (Å²) in [7, 11) is 0. The Morgan fingerprint density at radius 2 is 1.93 bits per heavy atom. The Morgan fingerprint density at radius 3 is 2.62 bits per heavy atom. The highest BCUT2D eigenvalue weighted by atomic mass is 79.9. The third-order valence-electron chi connectivity index (χ3n) is 4.52. The summed E-state index contributed by atoms with van der Waals surface area (Å²) in [5, 5.41) is 2.85. The molecule has 2 aromatic carbocycles. The maximum absolute atomic E-state index is 12.5. The van der Waals surface area contributed by atoms with E-state index in [1.54, 1.807) is 29.2 Å². The molecule has 1 saturated heterocycles. The van der Waals surface area contributed by atoms with Crippen LogP contribution in [0.25, 0.3) is 0 Å². The monoisotopic (exact) mass is 451 g/mol. The minimum Gasteiger partial charge on any atom is -0.439 e. The van der Waals surface area contributed by atoms with Crippen LogP contribution in [-0.4, -0.2) is 23.3 Å². The first kappa shape index (κ1) is 19.1. The fourth-order valence-corrected chi connectivity index (χ4v) is 3.34. The predicted octanol–water partition coefficient (Wildman–Crippen LogP) is 5.02. The summed E-state index contributed by atoms with van der Waals surface area (Å²) in [6, 6.07) is 18.0. The highest BCUT2D eigenvalue weighted by Gasteiger charge is 2.21. The number of pyridine rings is 1. The molecule has 0 saturated carbocycles. The van der Waals surface area contributed by atoms with Crippen LogP contribution >= 0.6 is 15.9 Å². The van der Waals surface area contributed by atoms with Gasteiger partial charge in [-0.3, -0.25) is 9.59 Å². The average molecular weight is 452 g/mol. The average Bonchev–Trinajstić information content (AvgIpc) is 3.16. The van der Waals surface area contributed by atoms with Gasteiger partial charge in [-0.15, -0.1) is 0 Å². The molecule has 1 aromatic heterocycles. The van der Waals surface area contributed by atoms with Gasteiger partial charge >= 0.3 is 0 Å². The Morgan fingerprint density at radius 1 is 1.10 bits per heavy atom. The van der Waals surface area contributed by atoms with E-state index in [0.717, 1.165) is 16.6 Å². The van der Waals surface area contributed by atoms with Crippen LogP contribution in [0.2, 0.25) is 0 Å². The van der Waals surface area contributed by atoms with Crippen molar-refractivity contribution in [2.45, 2.75) is 12.8 Å². The first-order valence-corrected chi connectivity index (χ1v) is 9.99. The molecule has 7 heteroatoms. The molecule has 0 bridgehead atoms. The van der Waals surface area contributed by atoms with E-state index in [-0.39, 0.29) is 11.8 Å². The van der Waals surface area contributed by atoms with E-state index in [2.05, 4.69) is 26.2 Å². The number of nitrogens with one attached hydrogen (secondary N) is 1. The summed E-state index contributed by atoms with van der Waals surface area (Å²) in [6.07, 6.45) is 2.89. The van der Waals surface area contributed by atoms with Gasteiger partial charge in [-0.2, -0.15) is 0 Å². The normalized spacial score (nSPS) is 13.4. The van der Waals surface area contributed by atoms with Crippen molar-refractivity contribution in [3.8, 4) is 11.6 Å². The number of rotatable bonds is 5. The summed E-state index contributed by atoms with van der Waals surface area (Å²) in [5.74, 6) is 0.890. The van der Waals surface area contributed by atoms with Gasteiger partial charge in [-0.25, -0.2) is 4.98 Å². The number of aromatic nitrogens is 1. The predicted molar refractivity (Wildman–Crippen MR) is 114 cm³/mol. The van der Waals surface area contributed by atoms with Crippen LogP contribution in [0, 0.1) is 0 Å². The van der Waals surface area contributed by atoms with E-state index in [1.807, 2.05) is 36.4 Å². The zero-order valence-corrected chi connectivity index (χ0v) is 17.1. The van der Waals surface area contributed by atoms with Crippen molar-refractivity contribution < 1.29 is 14.3 Å². The Balaban J connectivity index is 1.42. The Bertz CT molecular complexity index is 1040. The molecule has 146 valence electrons. The minimum atomic E-state index is -0.280. The lowest BCUT2D eigenvalue weighted by atomic mass is 10.2. The fourth-order valence-electron chi connectivity index (χ4n) is 3.07. The van der Waals surface area contributed by atoms with Gasteiger partial charge in [-0.1, -0.05) is 22.0 Å². The maximum Gasteiger partial charge on any atom is 0.257 e. The number of anilines is 2. The van der Waals surface area contributed by atoms with E-state index in [1.165, 1.54) is 6.20 Å². The van der Waals surface area contributed by atoms with Crippen LogP contribution in [0.3, 0.4) is 0 Å². The van der Waals surface area contributed by atoms with Gasteiger partial charge in [0.2, 0.25) is 11.8 Å². The SMILES string of the molecule is O=C(Nc1cccc(N2CCCC2=O)c1)c1ccc(Oc2ccc(Br)cc2)nc1. The third kappa shape index (κ3) is 4.63. The van der Waals surface area contributed by atoms with Crippen LogP contribution in [-0.2, 0) is 4.79 Å². The lowest BCUT2D eigenvalue weighted by Gasteiger charge is -2.16. The lowest BCUT2D eigenvalue weighted by molar-refractivity contribution is -0.117. The van der Waals surface area contributed by atoms with Crippen molar-refractivity contribution in [2.24, 2.45) is 0 Å². The van der Waals surface area contributed by atoms with Gasteiger partial charge in [-0.05, 0) is 55.0 Å². The summed E-state index contributed by atoms with van der Waals surface area (Å²) >= 11 is 3.37. The highest BCUT2D eigenvalue weighted by molar-refractivity contribution is 9.10. The molecular weight excluding hydrogens is 434 g/mol. The van der Waals surface area contributed by atoms with E-state index >= 15 is 0 Å².